The van der Waals surface area contributed by atoms with E-state index < -0.39 is 11.5 Å². The molecule has 56 heavy (non-hydrogen) atoms. The number of guanidine groups is 1. The second kappa shape index (κ2) is 16.4. The molecule has 0 unspecified atom stereocenters. The monoisotopic (exact) mass is 759 g/mol. The van der Waals surface area contributed by atoms with Crippen molar-refractivity contribution in [3.63, 3.8) is 0 Å². The minimum absolute atomic E-state index is 0.00661. The number of allylic oxidation sites excluding steroid dienone is 2. The first-order chi connectivity index (χ1) is 27.3. The molecule has 2 fully saturated rings. The van der Waals surface area contributed by atoms with E-state index in [4.69, 9.17) is 5.73 Å². The zero-order valence-electron chi connectivity index (χ0n) is 32.2. The molecule has 296 valence electrons. The van der Waals surface area contributed by atoms with Crippen molar-refractivity contribution in [1.82, 2.24) is 10.3 Å². The number of hydrogen-bond acceptors (Lipinski definition) is 8. The number of aliphatic hydroxyl groups is 1. The van der Waals surface area contributed by atoms with E-state index in [1.807, 2.05) is 18.3 Å². The first-order valence-corrected chi connectivity index (χ1v) is 21.0. The smallest absolute Gasteiger partial charge is 0.328 e. The maximum Gasteiger partial charge on any atom is 0.328 e. The van der Waals surface area contributed by atoms with Gasteiger partial charge in [0.25, 0.3) is 0 Å². The van der Waals surface area contributed by atoms with Crippen LogP contribution in [0, 0.1) is 35.5 Å². The van der Waals surface area contributed by atoms with Crippen LogP contribution in [0.2, 0.25) is 0 Å². The standard InChI is InChI=1S/C46H57N5O5/c47-45-49-19-15-39(50-45)37(26-41(55)56)46(51-40-9-4-18-48-40)17-14-32-25-38(46)44-34-13-12-30(8-3-1-2-6-29(27-54)7-5-20-52)43(44)36-24-33-22-28(16-21-53)10-11-31(33)23-35(36)42(32)34/h4,9-13,18,21-24,26-27,29-30,32,34,38-39,42-44,48,51-52H,1-3,5-8,14-17,19-20,25H2,(H,55,56)(H3,47,49,50)/b37-26+/t29-,30-,32-,34+,38+,39+,42+,43-,44+,46+/m0/s1. The highest BCUT2D eigenvalue weighted by Gasteiger charge is 2.63. The number of nitrogens with zero attached hydrogens (tertiary/aromatic N) is 1. The van der Waals surface area contributed by atoms with Gasteiger partial charge in [-0.1, -0.05) is 61.7 Å². The number of carbonyl (C=O) groups excluding carboxylic acids is 2. The highest BCUT2D eigenvalue weighted by atomic mass is 16.4. The molecule has 0 saturated heterocycles. The molecular formula is C46H57N5O5. The fourth-order valence-electron chi connectivity index (χ4n) is 12.0. The van der Waals surface area contributed by atoms with Crippen LogP contribution in [-0.2, 0) is 20.8 Å². The van der Waals surface area contributed by atoms with Gasteiger partial charge in [-0.2, -0.15) is 0 Å². The Hall–Kier alpha value is -4.70. The van der Waals surface area contributed by atoms with Crippen molar-refractivity contribution in [2.45, 2.75) is 100 Å². The maximum atomic E-state index is 12.8. The number of carboxylic acids is 1. The Balaban J connectivity index is 1.22. The third kappa shape index (κ3) is 7.21. The number of aromatic nitrogens is 1. The minimum atomic E-state index is -0.955. The Morgan fingerprint density at radius 1 is 1.02 bits per heavy atom. The summed E-state index contributed by atoms with van der Waals surface area (Å²) >= 11 is 0. The summed E-state index contributed by atoms with van der Waals surface area (Å²) in [5.41, 5.74) is 10.4. The number of anilines is 1. The number of aromatic amines is 1. The lowest BCUT2D eigenvalue weighted by atomic mass is 9.41. The number of carbonyl (C=O) groups is 3. The molecule has 3 aromatic rings. The Morgan fingerprint density at radius 2 is 1.86 bits per heavy atom. The first-order valence-electron chi connectivity index (χ1n) is 21.0. The summed E-state index contributed by atoms with van der Waals surface area (Å²) < 4.78 is 0. The number of nitrogens with one attached hydrogen (secondary N) is 3. The summed E-state index contributed by atoms with van der Waals surface area (Å²) in [5, 5.41) is 29.6. The number of unbranched alkanes of at least 4 members (excludes halogenated alkanes) is 2. The average molecular weight is 760 g/mol. The predicted octanol–water partition coefficient (Wildman–Crippen LogP) is 7.02. The number of aliphatic imine (C=N–C) groups is 1. The lowest BCUT2D eigenvalue weighted by Gasteiger charge is -2.65. The molecule has 1 aromatic heterocycles. The minimum Gasteiger partial charge on any atom is -0.478 e. The molecule has 0 amide bonds. The van der Waals surface area contributed by atoms with E-state index in [9.17, 15) is 24.6 Å². The van der Waals surface area contributed by atoms with E-state index in [1.54, 1.807) is 0 Å². The molecular weight excluding hydrogens is 703 g/mol. The second-order valence-corrected chi connectivity index (χ2v) is 17.2. The van der Waals surface area contributed by atoms with Gasteiger partial charge in [-0.05, 0) is 138 Å². The number of fused-ring (bicyclic) bond motifs is 7. The van der Waals surface area contributed by atoms with Crippen LogP contribution in [0.4, 0.5) is 5.82 Å². The predicted molar refractivity (Wildman–Crippen MR) is 219 cm³/mol. The van der Waals surface area contributed by atoms with Crippen LogP contribution in [0.25, 0.3) is 10.8 Å². The number of aliphatic carboxylic acids is 1. The molecule has 1 aliphatic heterocycles. The molecule has 0 spiro atoms. The number of benzene rings is 2. The van der Waals surface area contributed by atoms with Crippen LogP contribution in [-0.4, -0.2) is 64.4 Å². The number of hydrogen-bond donors (Lipinski definition) is 6. The van der Waals surface area contributed by atoms with Gasteiger partial charge >= 0.3 is 5.97 Å². The SMILES string of the molecule is NC1=NCC[C@H](/C(=C\C(=O)O)[C@]2(Nc3ccc[nH]3)CC[C@H]3C[C@@H]2[C@H]2[C@@H]4C=C[C@H](CCCCC[C@H](C=O)CCCO)[C@H]2c2cc5cc(CC=O)ccc5cc2[C@H]34)N1. The highest BCUT2D eigenvalue weighted by Crippen LogP contribution is 2.68. The van der Waals surface area contributed by atoms with Gasteiger partial charge in [0, 0.05) is 37.8 Å². The van der Waals surface area contributed by atoms with E-state index in [1.165, 1.54) is 28.0 Å². The van der Waals surface area contributed by atoms with Gasteiger partial charge in [-0.25, -0.2) is 4.79 Å². The summed E-state index contributed by atoms with van der Waals surface area (Å²) in [5.74, 6) is 2.37. The third-order valence-electron chi connectivity index (χ3n) is 14.2. The molecule has 10 nitrogen and oxygen atoms in total. The molecule has 2 saturated carbocycles. The van der Waals surface area contributed by atoms with Gasteiger partial charge in [0.15, 0.2) is 5.96 Å². The van der Waals surface area contributed by atoms with Crippen LogP contribution in [0.3, 0.4) is 0 Å². The van der Waals surface area contributed by atoms with Crippen LogP contribution in [0.15, 0.2) is 77.5 Å². The van der Waals surface area contributed by atoms with Gasteiger partial charge < -0.3 is 41.2 Å². The number of nitrogens with two attached hydrogens (primary N) is 1. The summed E-state index contributed by atoms with van der Waals surface area (Å²) in [6.07, 6.45) is 20.7. The molecule has 0 radical (unpaired) electrons. The lowest BCUT2D eigenvalue weighted by Crippen LogP contribution is -2.64. The highest BCUT2D eigenvalue weighted by molar-refractivity contribution is 5.86. The van der Waals surface area contributed by atoms with Crippen LogP contribution >= 0.6 is 0 Å². The number of rotatable bonds is 17. The Morgan fingerprint density at radius 3 is 2.62 bits per heavy atom. The third-order valence-corrected chi connectivity index (χ3v) is 14.2. The fourth-order valence-corrected chi connectivity index (χ4v) is 12.0. The van der Waals surface area contributed by atoms with Crippen LogP contribution in [0.5, 0.6) is 0 Å². The Kier molecular flexibility index (Phi) is 11.2. The molecule has 10 atom stereocenters. The van der Waals surface area contributed by atoms with Gasteiger partial charge in [-0.15, -0.1) is 0 Å². The normalized spacial score (nSPS) is 30.8. The van der Waals surface area contributed by atoms with Crippen molar-refractivity contribution in [1.29, 1.82) is 0 Å². The van der Waals surface area contributed by atoms with Crippen molar-refractivity contribution in [2.75, 3.05) is 18.5 Å². The van der Waals surface area contributed by atoms with E-state index in [0.29, 0.717) is 55.4 Å². The van der Waals surface area contributed by atoms with Gasteiger partial charge in [0.05, 0.1) is 11.6 Å². The van der Waals surface area contributed by atoms with E-state index in [0.717, 1.165) is 87.3 Å². The fraction of sp³-hybridized carbons (Fsp3) is 0.522. The zero-order valence-corrected chi connectivity index (χ0v) is 32.2. The topological polar surface area (TPSA) is 170 Å². The van der Waals surface area contributed by atoms with Crippen molar-refractivity contribution in [3.05, 3.63) is 89.2 Å². The molecule has 8 rings (SSSR count). The van der Waals surface area contributed by atoms with Crippen LogP contribution < -0.4 is 16.4 Å². The summed E-state index contributed by atoms with van der Waals surface area (Å²) in [6, 6.07) is 15.1. The largest absolute Gasteiger partial charge is 0.478 e. The molecule has 6 bridgehead atoms. The van der Waals surface area contributed by atoms with Gasteiger partial charge in [0.1, 0.15) is 18.4 Å². The lowest BCUT2D eigenvalue weighted by molar-refractivity contribution is -0.131. The number of H-pyrrole nitrogens is 1. The quantitative estimate of drug-likeness (QED) is 0.0370. The summed E-state index contributed by atoms with van der Waals surface area (Å²) in [6.45, 7) is 0.657. The summed E-state index contributed by atoms with van der Waals surface area (Å²) in [4.78, 5) is 43.9. The first kappa shape index (κ1) is 38.2. The molecule has 5 aliphatic rings. The van der Waals surface area contributed by atoms with Crippen molar-refractivity contribution in [2.24, 2.45) is 46.2 Å². The molecule has 10 heteroatoms. The molecule has 2 aromatic carbocycles. The molecule has 4 aliphatic carbocycles. The number of carboxylic acid groups (broad SMARTS) is 1. The van der Waals surface area contributed by atoms with Gasteiger partial charge in [-0.3, -0.25) is 4.99 Å². The zero-order chi connectivity index (χ0) is 38.8. The number of aliphatic hydroxyl groups excluding tert-OH is 1. The van der Waals surface area contributed by atoms with E-state index in [2.05, 4.69) is 63.1 Å². The molecule has 2 heterocycles. The number of aldehydes is 2. The average Bonchev–Trinajstić information content (AvgIpc) is 3.71. The summed E-state index contributed by atoms with van der Waals surface area (Å²) in [7, 11) is 0. The molecule has 7 N–H and O–H groups in total. The van der Waals surface area contributed by atoms with E-state index >= 15 is 0 Å². The Labute approximate surface area is 329 Å². The maximum absolute atomic E-state index is 12.8. The van der Waals surface area contributed by atoms with Crippen molar-refractivity contribution < 1.29 is 24.6 Å². The van der Waals surface area contributed by atoms with E-state index in [-0.39, 0.29) is 36.3 Å². The van der Waals surface area contributed by atoms with Crippen molar-refractivity contribution >= 4 is 41.1 Å². The van der Waals surface area contributed by atoms with Crippen molar-refractivity contribution in [3.8, 4) is 0 Å². The van der Waals surface area contributed by atoms with Crippen LogP contribution in [0.1, 0.15) is 99.2 Å². The Bertz CT molecular complexity index is 2010. The second-order valence-electron chi connectivity index (χ2n) is 17.2. The van der Waals surface area contributed by atoms with Gasteiger partial charge in [0.2, 0.25) is 0 Å².